The molecule has 0 amide bonds. The van der Waals surface area contributed by atoms with Crippen LogP contribution in [0, 0.1) is 0 Å². The van der Waals surface area contributed by atoms with Crippen molar-refractivity contribution in [3.63, 3.8) is 0 Å². The van der Waals surface area contributed by atoms with Crippen molar-refractivity contribution in [3.05, 3.63) is 66.6 Å². The molecular formula is C21H25N3O2S. The summed E-state index contributed by atoms with van der Waals surface area (Å²) in [6.07, 6.45) is 3.94. The fourth-order valence-corrected chi connectivity index (χ4v) is 4.06. The summed E-state index contributed by atoms with van der Waals surface area (Å²) in [5.41, 5.74) is 4.23. The van der Waals surface area contributed by atoms with Crippen LogP contribution >= 0.6 is 0 Å². The number of imidazole rings is 1. The van der Waals surface area contributed by atoms with E-state index in [-0.39, 0.29) is 5.75 Å². The molecule has 3 rings (SSSR count). The molecule has 0 radical (unpaired) electrons. The van der Waals surface area contributed by atoms with E-state index in [1.807, 2.05) is 31.3 Å². The summed E-state index contributed by atoms with van der Waals surface area (Å²) >= 11 is 0. The maximum absolute atomic E-state index is 11.8. The lowest BCUT2D eigenvalue weighted by molar-refractivity contribution is 0.577. The lowest BCUT2D eigenvalue weighted by atomic mass is 10.0. The topological polar surface area (TPSA) is 74.8 Å². The van der Waals surface area contributed by atoms with Gasteiger partial charge in [-0.25, -0.2) is 18.1 Å². The van der Waals surface area contributed by atoms with Crippen molar-refractivity contribution in [1.82, 2.24) is 14.7 Å². The van der Waals surface area contributed by atoms with E-state index >= 15 is 0 Å². The molecule has 0 saturated heterocycles. The van der Waals surface area contributed by atoms with Gasteiger partial charge in [-0.1, -0.05) is 67.9 Å². The second kappa shape index (κ2) is 8.97. The zero-order valence-electron chi connectivity index (χ0n) is 15.5. The van der Waals surface area contributed by atoms with Gasteiger partial charge >= 0.3 is 0 Å². The molecule has 0 unspecified atom stereocenters. The number of hydrogen-bond acceptors (Lipinski definition) is 3. The number of aromatic nitrogens is 2. The van der Waals surface area contributed by atoms with Crippen LogP contribution in [0.15, 0.2) is 60.8 Å². The Morgan fingerprint density at radius 1 is 0.963 bits per heavy atom. The zero-order valence-corrected chi connectivity index (χ0v) is 16.3. The Morgan fingerprint density at radius 3 is 2.33 bits per heavy atom. The number of nitrogens with zero attached hydrogens (tertiary/aromatic N) is 1. The molecule has 6 heteroatoms. The molecule has 0 aliphatic rings. The van der Waals surface area contributed by atoms with Crippen LogP contribution in [-0.2, 0) is 16.4 Å². The molecule has 0 spiro atoms. The van der Waals surface area contributed by atoms with Crippen LogP contribution in [0.5, 0.6) is 0 Å². The SMILES string of the molecule is CCCCS(=O)(=O)NCCc1nc(-c2ccc(-c3ccccc3)cc2)c[nH]1. The van der Waals surface area contributed by atoms with Gasteiger partial charge in [-0.2, -0.15) is 0 Å². The molecular weight excluding hydrogens is 358 g/mol. The number of nitrogens with one attached hydrogen (secondary N) is 2. The molecule has 0 aliphatic heterocycles. The summed E-state index contributed by atoms with van der Waals surface area (Å²) in [7, 11) is -3.18. The second-order valence-electron chi connectivity index (χ2n) is 6.49. The fraction of sp³-hybridized carbons (Fsp3) is 0.286. The van der Waals surface area contributed by atoms with Crippen molar-refractivity contribution >= 4 is 10.0 Å². The van der Waals surface area contributed by atoms with Gasteiger partial charge in [0.1, 0.15) is 5.82 Å². The summed E-state index contributed by atoms with van der Waals surface area (Å²) in [4.78, 5) is 7.71. The molecule has 2 aromatic carbocycles. The molecule has 0 bridgehead atoms. The van der Waals surface area contributed by atoms with Gasteiger partial charge in [-0.3, -0.25) is 0 Å². The number of sulfonamides is 1. The van der Waals surface area contributed by atoms with E-state index < -0.39 is 10.0 Å². The van der Waals surface area contributed by atoms with E-state index in [2.05, 4.69) is 51.1 Å². The van der Waals surface area contributed by atoms with E-state index in [0.29, 0.717) is 19.4 Å². The highest BCUT2D eigenvalue weighted by atomic mass is 32.2. The van der Waals surface area contributed by atoms with E-state index in [4.69, 9.17) is 0 Å². The Balaban J connectivity index is 1.59. The van der Waals surface area contributed by atoms with Crippen molar-refractivity contribution in [1.29, 1.82) is 0 Å². The van der Waals surface area contributed by atoms with Crippen molar-refractivity contribution < 1.29 is 8.42 Å². The first-order valence-corrected chi connectivity index (χ1v) is 10.9. The van der Waals surface area contributed by atoms with Crippen LogP contribution in [0.2, 0.25) is 0 Å². The average Bonchev–Trinajstić information content (AvgIpc) is 3.16. The Kier molecular flexibility index (Phi) is 6.42. The van der Waals surface area contributed by atoms with E-state index in [1.165, 1.54) is 5.56 Å². The van der Waals surface area contributed by atoms with Crippen LogP contribution in [0.1, 0.15) is 25.6 Å². The van der Waals surface area contributed by atoms with Crippen LogP contribution in [-0.4, -0.2) is 30.7 Å². The number of aromatic amines is 1. The maximum atomic E-state index is 11.8. The van der Waals surface area contributed by atoms with Crippen LogP contribution < -0.4 is 4.72 Å². The Labute approximate surface area is 160 Å². The number of H-pyrrole nitrogens is 1. The first-order chi connectivity index (χ1) is 13.1. The van der Waals surface area contributed by atoms with Gasteiger partial charge in [0.25, 0.3) is 0 Å². The largest absolute Gasteiger partial charge is 0.348 e. The summed E-state index contributed by atoms with van der Waals surface area (Å²) in [5.74, 6) is 0.955. The predicted molar refractivity (Wildman–Crippen MR) is 110 cm³/mol. The van der Waals surface area contributed by atoms with Crippen molar-refractivity contribution in [2.24, 2.45) is 0 Å². The first-order valence-electron chi connectivity index (χ1n) is 9.25. The normalized spacial score (nSPS) is 11.6. The molecule has 0 fully saturated rings. The summed E-state index contributed by atoms with van der Waals surface area (Å²) < 4.78 is 26.3. The van der Waals surface area contributed by atoms with Gasteiger partial charge in [-0.05, 0) is 17.5 Å². The quantitative estimate of drug-likeness (QED) is 0.586. The highest BCUT2D eigenvalue weighted by molar-refractivity contribution is 7.89. The predicted octanol–water partition coefficient (Wildman–Crippen LogP) is 4.01. The second-order valence-corrected chi connectivity index (χ2v) is 8.42. The molecule has 0 aliphatic carbocycles. The molecule has 1 aromatic heterocycles. The molecule has 27 heavy (non-hydrogen) atoms. The molecule has 1 heterocycles. The van der Waals surface area contributed by atoms with Crippen molar-refractivity contribution in [2.45, 2.75) is 26.2 Å². The monoisotopic (exact) mass is 383 g/mol. The summed E-state index contributed by atoms with van der Waals surface area (Å²) in [6.45, 7) is 2.33. The number of rotatable bonds is 9. The molecule has 0 atom stereocenters. The van der Waals surface area contributed by atoms with Gasteiger partial charge in [0, 0.05) is 24.7 Å². The molecule has 2 N–H and O–H groups in total. The van der Waals surface area contributed by atoms with E-state index in [9.17, 15) is 8.42 Å². The third-order valence-corrected chi connectivity index (χ3v) is 5.84. The van der Waals surface area contributed by atoms with Crippen molar-refractivity contribution in [2.75, 3.05) is 12.3 Å². The van der Waals surface area contributed by atoms with Gasteiger partial charge in [-0.15, -0.1) is 0 Å². The Bertz CT molecular complexity index is 949. The van der Waals surface area contributed by atoms with Gasteiger partial charge in [0.15, 0.2) is 0 Å². The van der Waals surface area contributed by atoms with Crippen LogP contribution in [0.4, 0.5) is 0 Å². The van der Waals surface area contributed by atoms with Gasteiger partial charge in [0.2, 0.25) is 10.0 Å². The average molecular weight is 384 g/mol. The maximum Gasteiger partial charge on any atom is 0.211 e. The summed E-state index contributed by atoms with van der Waals surface area (Å²) in [5, 5.41) is 0. The number of unbranched alkanes of at least 4 members (excludes halogenated alkanes) is 1. The minimum absolute atomic E-state index is 0.181. The van der Waals surface area contributed by atoms with Gasteiger partial charge in [0.05, 0.1) is 11.4 Å². The van der Waals surface area contributed by atoms with Gasteiger partial charge < -0.3 is 4.98 Å². The first kappa shape index (κ1) is 19.3. The van der Waals surface area contributed by atoms with E-state index in [1.54, 1.807) is 0 Å². The fourth-order valence-electron chi connectivity index (χ4n) is 2.83. The van der Waals surface area contributed by atoms with Crippen LogP contribution in [0.3, 0.4) is 0 Å². The smallest absolute Gasteiger partial charge is 0.211 e. The lowest BCUT2D eigenvalue weighted by Gasteiger charge is -2.04. The minimum atomic E-state index is -3.18. The van der Waals surface area contributed by atoms with E-state index in [0.717, 1.165) is 29.1 Å². The third kappa shape index (κ3) is 5.52. The zero-order chi connectivity index (χ0) is 19.1. The number of benzene rings is 2. The molecule has 142 valence electrons. The third-order valence-electron chi connectivity index (χ3n) is 4.37. The highest BCUT2D eigenvalue weighted by Crippen LogP contribution is 2.23. The minimum Gasteiger partial charge on any atom is -0.348 e. The number of hydrogen-bond donors (Lipinski definition) is 2. The molecule has 3 aromatic rings. The van der Waals surface area contributed by atoms with Crippen LogP contribution in [0.25, 0.3) is 22.4 Å². The standard InChI is InChI=1S/C21H25N3O2S/c1-2-3-15-27(25,26)23-14-13-21-22-16-20(24-21)19-11-9-18(10-12-19)17-7-5-4-6-8-17/h4-12,16,23H,2-3,13-15H2,1H3,(H,22,24). The molecule has 0 saturated carbocycles. The summed E-state index contributed by atoms with van der Waals surface area (Å²) in [6, 6.07) is 18.5. The van der Waals surface area contributed by atoms with Crippen molar-refractivity contribution in [3.8, 4) is 22.4 Å². The molecule has 5 nitrogen and oxygen atoms in total. The highest BCUT2D eigenvalue weighted by Gasteiger charge is 2.10. The lowest BCUT2D eigenvalue weighted by Crippen LogP contribution is -2.28. The Hall–Kier alpha value is -2.44. The Morgan fingerprint density at radius 2 is 1.63 bits per heavy atom.